The quantitative estimate of drug-likeness (QED) is 0.645. The lowest BCUT2D eigenvalue weighted by atomic mass is 10.0. The Morgan fingerprint density at radius 2 is 2.11 bits per heavy atom. The highest BCUT2D eigenvalue weighted by Gasteiger charge is 2.14. The van der Waals surface area contributed by atoms with Crippen LogP contribution in [0.4, 0.5) is 0 Å². The molecule has 0 aliphatic carbocycles. The second kappa shape index (κ2) is 6.48. The molecule has 18 heavy (non-hydrogen) atoms. The van der Waals surface area contributed by atoms with Crippen molar-refractivity contribution in [1.29, 1.82) is 0 Å². The molecule has 1 aromatic heterocycles. The topological polar surface area (TPSA) is 38.0 Å². The first-order chi connectivity index (χ1) is 8.72. The van der Waals surface area contributed by atoms with Crippen LogP contribution in [0.15, 0.2) is 40.2 Å². The van der Waals surface area contributed by atoms with Crippen molar-refractivity contribution in [2.45, 2.75) is 25.8 Å². The zero-order chi connectivity index (χ0) is 13.0. The van der Waals surface area contributed by atoms with E-state index in [0.717, 1.165) is 17.3 Å². The fraction of sp³-hybridized carbons (Fsp3) is 0.286. The molecular weight excluding hydrogens is 308 g/mol. The summed E-state index contributed by atoms with van der Waals surface area (Å²) < 4.78 is 1.14. The van der Waals surface area contributed by atoms with Gasteiger partial charge >= 0.3 is 0 Å². The Hall–Kier alpha value is -0.680. The molecule has 2 aromatic rings. The molecule has 0 aliphatic heterocycles. The molecule has 1 unspecified atom stereocenters. The third-order valence-corrected chi connectivity index (χ3v) is 5.11. The van der Waals surface area contributed by atoms with Gasteiger partial charge in [0, 0.05) is 9.35 Å². The van der Waals surface area contributed by atoms with Gasteiger partial charge < -0.3 is 0 Å². The lowest BCUT2D eigenvalue weighted by Gasteiger charge is -2.15. The van der Waals surface area contributed by atoms with Crippen LogP contribution in [0.25, 0.3) is 0 Å². The summed E-state index contributed by atoms with van der Waals surface area (Å²) in [4.78, 5) is 1.27. The van der Waals surface area contributed by atoms with Crippen LogP contribution in [0.3, 0.4) is 0 Å². The number of nitrogens with one attached hydrogen (secondary N) is 1. The summed E-state index contributed by atoms with van der Waals surface area (Å²) in [7, 11) is 0. The number of nitrogens with two attached hydrogens (primary N) is 1. The number of rotatable bonds is 5. The number of hydrazine groups is 1. The highest BCUT2D eigenvalue weighted by Crippen LogP contribution is 2.31. The molecule has 3 N–H and O–H groups in total. The van der Waals surface area contributed by atoms with E-state index in [4.69, 9.17) is 5.84 Å². The van der Waals surface area contributed by atoms with E-state index >= 15 is 0 Å². The molecule has 1 aromatic carbocycles. The van der Waals surface area contributed by atoms with Crippen LogP contribution in [0.2, 0.25) is 0 Å². The smallest absolute Gasteiger partial charge is 0.0567 e. The maximum atomic E-state index is 5.67. The van der Waals surface area contributed by atoms with Crippen molar-refractivity contribution >= 4 is 27.3 Å². The standard InChI is InChI=1S/C14H17BrN2S/c1-10-4-2-3-5-11(10)6-7-13(17-16)14-12(15)8-9-18-14/h2-5,8-9,13,17H,6-7,16H2,1H3. The Balaban J connectivity index is 2.05. The molecule has 1 atom stereocenters. The van der Waals surface area contributed by atoms with Crippen molar-refractivity contribution in [3.8, 4) is 0 Å². The third-order valence-electron chi connectivity index (χ3n) is 3.13. The van der Waals surface area contributed by atoms with Gasteiger partial charge in [-0.15, -0.1) is 11.3 Å². The first-order valence-corrected chi connectivity index (χ1v) is 7.63. The van der Waals surface area contributed by atoms with Crippen molar-refractivity contribution in [1.82, 2.24) is 5.43 Å². The monoisotopic (exact) mass is 324 g/mol. The Bertz CT molecular complexity index is 510. The van der Waals surface area contributed by atoms with Crippen LogP contribution in [-0.4, -0.2) is 0 Å². The molecule has 2 nitrogen and oxygen atoms in total. The van der Waals surface area contributed by atoms with Crippen molar-refractivity contribution in [2.75, 3.05) is 0 Å². The Morgan fingerprint density at radius 1 is 1.33 bits per heavy atom. The lowest BCUT2D eigenvalue weighted by molar-refractivity contribution is 0.522. The van der Waals surface area contributed by atoms with Crippen molar-refractivity contribution in [3.63, 3.8) is 0 Å². The highest BCUT2D eigenvalue weighted by molar-refractivity contribution is 9.10. The minimum absolute atomic E-state index is 0.207. The van der Waals surface area contributed by atoms with Gasteiger partial charge in [-0.05, 0) is 58.3 Å². The lowest BCUT2D eigenvalue weighted by Crippen LogP contribution is -2.28. The minimum atomic E-state index is 0.207. The molecule has 0 saturated carbocycles. The van der Waals surface area contributed by atoms with E-state index < -0.39 is 0 Å². The minimum Gasteiger partial charge on any atom is -0.271 e. The maximum absolute atomic E-state index is 5.67. The summed E-state index contributed by atoms with van der Waals surface area (Å²) in [6, 6.07) is 10.8. The second-order valence-electron chi connectivity index (χ2n) is 4.32. The first-order valence-electron chi connectivity index (χ1n) is 5.96. The van der Waals surface area contributed by atoms with Gasteiger partial charge in [-0.3, -0.25) is 11.3 Å². The molecule has 0 aliphatic rings. The van der Waals surface area contributed by atoms with Gasteiger partial charge in [-0.25, -0.2) is 0 Å². The molecular formula is C14H17BrN2S. The van der Waals surface area contributed by atoms with Crippen molar-refractivity contribution in [3.05, 3.63) is 56.2 Å². The fourth-order valence-corrected chi connectivity index (χ4v) is 3.78. The number of halogens is 1. The number of thiophene rings is 1. The summed E-state index contributed by atoms with van der Waals surface area (Å²) in [6.07, 6.45) is 2.03. The molecule has 96 valence electrons. The average Bonchev–Trinajstić information content (AvgIpc) is 2.79. The summed E-state index contributed by atoms with van der Waals surface area (Å²) in [5.41, 5.74) is 5.66. The van der Waals surface area contributed by atoms with E-state index in [0.29, 0.717) is 0 Å². The molecule has 0 radical (unpaired) electrons. The Kier molecular flexibility index (Phi) is 4.95. The zero-order valence-corrected chi connectivity index (χ0v) is 12.7. The van der Waals surface area contributed by atoms with Crippen LogP contribution in [0.1, 0.15) is 28.5 Å². The summed E-state index contributed by atoms with van der Waals surface area (Å²) in [6.45, 7) is 2.15. The molecule has 1 heterocycles. The van der Waals surface area contributed by atoms with Crippen LogP contribution in [-0.2, 0) is 6.42 Å². The molecule has 2 rings (SSSR count). The van der Waals surface area contributed by atoms with Gasteiger partial charge in [0.25, 0.3) is 0 Å². The molecule has 4 heteroatoms. The van der Waals surface area contributed by atoms with Crippen LogP contribution in [0.5, 0.6) is 0 Å². The molecule has 0 fully saturated rings. The predicted molar refractivity (Wildman–Crippen MR) is 81.6 cm³/mol. The highest BCUT2D eigenvalue weighted by atomic mass is 79.9. The summed E-state index contributed by atoms with van der Waals surface area (Å²) >= 11 is 5.30. The summed E-state index contributed by atoms with van der Waals surface area (Å²) in [5, 5.41) is 2.08. The number of hydrogen-bond acceptors (Lipinski definition) is 3. The van der Waals surface area contributed by atoms with Crippen LogP contribution < -0.4 is 11.3 Å². The molecule has 0 saturated heterocycles. The molecule has 0 amide bonds. The van der Waals surface area contributed by atoms with Crippen LogP contribution >= 0.6 is 27.3 Å². The van der Waals surface area contributed by atoms with Gasteiger partial charge in [0.15, 0.2) is 0 Å². The Labute approximate surface area is 120 Å². The second-order valence-corrected chi connectivity index (χ2v) is 6.12. The number of hydrogen-bond donors (Lipinski definition) is 2. The number of benzene rings is 1. The van der Waals surface area contributed by atoms with Gasteiger partial charge in [0.2, 0.25) is 0 Å². The van der Waals surface area contributed by atoms with E-state index in [-0.39, 0.29) is 6.04 Å². The van der Waals surface area contributed by atoms with E-state index in [1.54, 1.807) is 11.3 Å². The fourth-order valence-electron chi connectivity index (χ4n) is 2.03. The molecule has 0 spiro atoms. The molecule has 0 bridgehead atoms. The van der Waals surface area contributed by atoms with Gasteiger partial charge in [0.05, 0.1) is 6.04 Å². The van der Waals surface area contributed by atoms with Gasteiger partial charge in [0.1, 0.15) is 0 Å². The normalized spacial score (nSPS) is 12.6. The Morgan fingerprint density at radius 3 is 2.72 bits per heavy atom. The van der Waals surface area contributed by atoms with Crippen molar-refractivity contribution < 1.29 is 0 Å². The SMILES string of the molecule is Cc1ccccc1CCC(NN)c1sccc1Br. The van der Waals surface area contributed by atoms with Gasteiger partial charge in [-0.1, -0.05) is 24.3 Å². The van der Waals surface area contributed by atoms with E-state index in [2.05, 4.69) is 64.0 Å². The number of aryl methyl sites for hydroxylation is 2. The zero-order valence-electron chi connectivity index (χ0n) is 10.3. The largest absolute Gasteiger partial charge is 0.271 e. The summed E-state index contributed by atoms with van der Waals surface area (Å²) in [5.74, 6) is 5.67. The maximum Gasteiger partial charge on any atom is 0.0567 e. The predicted octanol–water partition coefficient (Wildman–Crippen LogP) is 3.96. The first kappa shape index (κ1) is 13.7. The van der Waals surface area contributed by atoms with E-state index in [9.17, 15) is 0 Å². The van der Waals surface area contributed by atoms with Crippen molar-refractivity contribution in [2.24, 2.45) is 5.84 Å². The van der Waals surface area contributed by atoms with E-state index in [1.807, 2.05) is 0 Å². The average molecular weight is 325 g/mol. The third kappa shape index (κ3) is 3.20. The van der Waals surface area contributed by atoms with E-state index in [1.165, 1.54) is 16.0 Å². The van der Waals surface area contributed by atoms with Crippen LogP contribution in [0, 0.1) is 6.92 Å². The van der Waals surface area contributed by atoms with Gasteiger partial charge in [-0.2, -0.15) is 0 Å².